The molecule has 22 heteroatoms. The van der Waals surface area contributed by atoms with Crippen molar-refractivity contribution in [1.29, 1.82) is 0 Å². The lowest BCUT2D eigenvalue weighted by Crippen LogP contribution is -2.37. The van der Waals surface area contributed by atoms with Crippen LogP contribution >= 0.6 is 0 Å². The molecule has 0 aliphatic carbocycles. The lowest BCUT2D eigenvalue weighted by Gasteiger charge is -2.26. The summed E-state index contributed by atoms with van der Waals surface area (Å²) < 4.78 is 30.7. The van der Waals surface area contributed by atoms with E-state index >= 15 is 0 Å². The normalized spacial score (nSPS) is 14.7. The number of ether oxygens (including phenoxy) is 4. The van der Waals surface area contributed by atoms with E-state index in [0.29, 0.717) is 122 Å². The van der Waals surface area contributed by atoms with Crippen LogP contribution in [0.5, 0.6) is 11.5 Å². The standard InChI is InChI=1S/C48H62N14O8/c1-5-61-37(25-31(3)55-61)45(65)53-47-51-35-27-33(43(49)63)29-39(69-19-9-11-57-15-21-67-22-16-57)41(35)59(47)13-7-8-14-60-42-36(52-48(60)54-46(66)38-26-32(4)56-62(38)6-2)28-34(44(50)64)30-40(42)70-20-10-12-58-17-23-68-24-18-58/h7-8,25-30H,5-6,9-24H2,1-4H3,(H2,49,63)(H2,50,64)(H,51,53,65)(H,52,54,66)/b8-7+. The molecule has 372 valence electrons. The van der Waals surface area contributed by atoms with Crippen molar-refractivity contribution in [3.8, 4) is 11.5 Å². The monoisotopic (exact) mass is 962 g/mol. The minimum atomic E-state index is -0.657. The maximum atomic E-state index is 13.9. The number of imidazole rings is 2. The Kier molecular flexibility index (Phi) is 15.9. The van der Waals surface area contributed by atoms with Crippen LogP contribution in [-0.4, -0.2) is 151 Å². The Labute approximate surface area is 404 Å². The van der Waals surface area contributed by atoms with Crippen LogP contribution in [0.4, 0.5) is 11.9 Å². The van der Waals surface area contributed by atoms with Gasteiger partial charge in [-0.15, -0.1) is 0 Å². The molecule has 2 aliphatic heterocycles. The summed E-state index contributed by atoms with van der Waals surface area (Å²) in [5, 5.41) is 14.9. The fraction of sp³-hybridized carbons (Fsp3) is 0.458. The van der Waals surface area contributed by atoms with E-state index in [1.165, 1.54) is 0 Å². The zero-order chi connectivity index (χ0) is 49.3. The van der Waals surface area contributed by atoms with Gasteiger partial charge in [-0.3, -0.25) is 49.0 Å². The summed E-state index contributed by atoms with van der Waals surface area (Å²) in [4.78, 5) is 67.5. The van der Waals surface area contributed by atoms with Crippen LogP contribution in [-0.2, 0) is 35.7 Å². The molecule has 2 aromatic carbocycles. The van der Waals surface area contributed by atoms with Crippen LogP contribution in [0.3, 0.4) is 0 Å². The van der Waals surface area contributed by atoms with E-state index < -0.39 is 23.6 Å². The Morgan fingerprint density at radius 1 is 0.629 bits per heavy atom. The second-order valence-corrected chi connectivity index (χ2v) is 17.2. The molecule has 0 radical (unpaired) electrons. The zero-order valence-corrected chi connectivity index (χ0v) is 40.2. The number of nitrogens with two attached hydrogens (primary N) is 2. The molecule has 6 N–H and O–H groups in total. The minimum absolute atomic E-state index is 0.165. The fourth-order valence-electron chi connectivity index (χ4n) is 8.73. The van der Waals surface area contributed by atoms with Crippen LogP contribution in [0, 0.1) is 13.8 Å². The highest BCUT2D eigenvalue weighted by atomic mass is 16.5. The molecule has 2 aliphatic rings. The first-order valence-electron chi connectivity index (χ1n) is 23.8. The van der Waals surface area contributed by atoms with Gasteiger partial charge in [-0.25, -0.2) is 9.97 Å². The van der Waals surface area contributed by atoms with Crippen LogP contribution in [0.15, 0.2) is 48.6 Å². The van der Waals surface area contributed by atoms with Crippen LogP contribution < -0.4 is 31.6 Å². The Balaban J connectivity index is 1.14. The number of aromatic nitrogens is 8. The Morgan fingerprint density at radius 3 is 1.40 bits per heavy atom. The molecule has 70 heavy (non-hydrogen) atoms. The molecule has 0 spiro atoms. The number of nitrogens with zero attached hydrogens (tertiary/aromatic N) is 10. The number of carbonyl (C=O) groups is 4. The molecule has 6 heterocycles. The maximum Gasteiger partial charge on any atom is 0.276 e. The molecule has 6 aromatic rings. The largest absolute Gasteiger partial charge is 0.491 e. The lowest BCUT2D eigenvalue weighted by molar-refractivity contribution is 0.0357. The van der Waals surface area contributed by atoms with E-state index in [1.54, 1.807) is 54.9 Å². The van der Waals surface area contributed by atoms with Crippen molar-refractivity contribution in [3.05, 3.63) is 82.5 Å². The van der Waals surface area contributed by atoms with Crippen molar-refractivity contribution in [2.45, 2.75) is 66.7 Å². The molecule has 0 unspecified atom stereocenters. The number of anilines is 2. The van der Waals surface area contributed by atoms with E-state index in [0.717, 1.165) is 39.3 Å². The van der Waals surface area contributed by atoms with Gasteiger partial charge in [-0.1, -0.05) is 12.2 Å². The number of benzene rings is 2. The molecule has 4 amide bonds. The second-order valence-electron chi connectivity index (χ2n) is 17.2. The number of amides is 4. The molecule has 8 rings (SSSR count). The second kappa shape index (κ2) is 22.5. The molecule has 0 bridgehead atoms. The first-order valence-corrected chi connectivity index (χ1v) is 23.8. The van der Waals surface area contributed by atoms with Gasteiger partial charge in [0.15, 0.2) is 0 Å². The Bertz CT molecular complexity index is 2690. The third-order valence-corrected chi connectivity index (χ3v) is 12.2. The van der Waals surface area contributed by atoms with Gasteiger partial charge in [0, 0.05) is 76.6 Å². The van der Waals surface area contributed by atoms with Gasteiger partial charge < -0.3 is 39.5 Å². The SMILES string of the molecule is CCn1nc(C)cc1C(=O)Nc1nc2cc(C(N)=O)cc(OCCCN3CCOCC3)c2n1C/C=C/Cn1c(NC(=O)c2cc(C)nn2CC)nc2cc(C(N)=O)cc(OCCCN3CCOCC3)c21. The van der Waals surface area contributed by atoms with Gasteiger partial charge in [0.05, 0.1) is 62.1 Å². The summed E-state index contributed by atoms with van der Waals surface area (Å²) in [6, 6.07) is 9.77. The summed E-state index contributed by atoms with van der Waals surface area (Å²) in [5.41, 5.74) is 16.0. The number of fused-ring (bicyclic) bond motifs is 2. The predicted molar refractivity (Wildman–Crippen MR) is 262 cm³/mol. The van der Waals surface area contributed by atoms with Gasteiger partial charge in [-0.2, -0.15) is 10.2 Å². The average Bonchev–Trinajstić information content (AvgIpc) is 4.13. The van der Waals surface area contributed by atoms with E-state index in [9.17, 15) is 19.2 Å². The number of primary amides is 2. The molecular weight excluding hydrogens is 901 g/mol. The summed E-state index contributed by atoms with van der Waals surface area (Å²) in [7, 11) is 0. The number of hydrogen-bond acceptors (Lipinski definition) is 14. The highest BCUT2D eigenvalue weighted by Gasteiger charge is 2.24. The molecule has 22 nitrogen and oxygen atoms in total. The fourth-order valence-corrected chi connectivity index (χ4v) is 8.73. The molecule has 2 fully saturated rings. The molecule has 4 aromatic heterocycles. The average molecular weight is 963 g/mol. The number of allylic oxidation sites excluding steroid dienone is 2. The quantitative estimate of drug-likeness (QED) is 0.0560. The number of nitrogens with one attached hydrogen (secondary N) is 2. The molecule has 2 saturated heterocycles. The highest BCUT2D eigenvalue weighted by Crippen LogP contribution is 2.33. The third kappa shape index (κ3) is 11.5. The minimum Gasteiger partial charge on any atom is -0.491 e. The van der Waals surface area contributed by atoms with Crippen molar-refractivity contribution < 1.29 is 38.1 Å². The van der Waals surface area contributed by atoms with Gasteiger partial charge in [0.1, 0.15) is 33.9 Å². The topological polar surface area (TPSA) is 259 Å². The lowest BCUT2D eigenvalue weighted by atomic mass is 10.1. The Hall–Kier alpha value is -7.14. The van der Waals surface area contributed by atoms with Crippen molar-refractivity contribution in [2.24, 2.45) is 11.5 Å². The summed E-state index contributed by atoms with van der Waals surface area (Å²) in [6.45, 7) is 17.1. The maximum absolute atomic E-state index is 13.9. The Morgan fingerprint density at radius 2 is 1.03 bits per heavy atom. The first kappa shape index (κ1) is 49.3. The van der Waals surface area contributed by atoms with Gasteiger partial charge >= 0.3 is 0 Å². The summed E-state index contributed by atoms with van der Waals surface area (Å²) in [5.74, 6) is -1.03. The predicted octanol–water partition coefficient (Wildman–Crippen LogP) is 3.60. The van der Waals surface area contributed by atoms with Crippen LogP contribution in [0.25, 0.3) is 22.1 Å². The van der Waals surface area contributed by atoms with E-state index in [-0.39, 0.29) is 36.1 Å². The zero-order valence-electron chi connectivity index (χ0n) is 40.2. The van der Waals surface area contributed by atoms with Crippen LogP contribution in [0.2, 0.25) is 0 Å². The summed E-state index contributed by atoms with van der Waals surface area (Å²) >= 11 is 0. The number of rotatable bonds is 22. The number of hydrogen-bond donors (Lipinski definition) is 4. The third-order valence-electron chi connectivity index (χ3n) is 12.2. The van der Waals surface area contributed by atoms with Gasteiger partial charge in [0.2, 0.25) is 23.7 Å². The smallest absolute Gasteiger partial charge is 0.276 e. The van der Waals surface area contributed by atoms with E-state index in [4.69, 9.17) is 40.4 Å². The van der Waals surface area contributed by atoms with Gasteiger partial charge in [-0.05, 0) is 76.9 Å². The van der Waals surface area contributed by atoms with Crippen molar-refractivity contribution in [3.63, 3.8) is 0 Å². The van der Waals surface area contributed by atoms with Gasteiger partial charge in [0.25, 0.3) is 11.8 Å². The summed E-state index contributed by atoms with van der Waals surface area (Å²) in [6.07, 6.45) is 5.18. The van der Waals surface area contributed by atoms with Crippen LogP contribution in [0.1, 0.15) is 79.8 Å². The van der Waals surface area contributed by atoms with Crippen molar-refractivity contribution in [2.75, 3.05) is 89.5 Å². The number of aryl methyl sites for hydroxylation is 4. The van der Waals surface area contributed by atoms with E-state index in [2.05, 4.69) is 30.6 Å². The van der Waals surface area contributed by atoms with Crippen molar-refractivity contribution in [1.82, 2.24) is 48.5 Å². The highest BCUT2D eigenvalue weighted by molar-refractivity contribution is 6.05. The van der Waals surface area contributed by atoms with E-state index in [1.807, 2.05) is 39.8 Å². The van der Waals surface area contributed by atoms with Crippen molar-refractivity contribution >= 4 is 57.6 Å². The number of carbonyl (C=O) groups excluding carboxylic acids is 4. The molecule has 0 atom stereocenters. The molecule has 0 saturated carbocycles. The number of morpholine rings is 2. The molecular formula is C48H62N14O8. The first-order chi connectivity index (χ1) is 33.9.